The molecule has 14 heavy (non-hydrogen) atoms. The van der Waals surface area contributed by atoms with Crippen LogP contribution in [0, 0.1) is 0 Å². The second-order valence-corrected chi connectivity index (χ2v) is 4.29. The van der Waals surface area contributed by atoms with E-state index in [0.717, 1.165) is 38.6 Å². The van der Waals surface area contributed by atoms with Crippen molar-refractivity contribution in [3.05, 3.63) is 0 Å². The van der Waals surface area contributed by atoms with Crippen molar-refractivity contribution >= 4 is 0 Å². The Hall–Kier alpha value is -0.150. The molecule has 0 amide bonds. The molecule has 3 heteroatoms. The molecule has 0 heterocycles. The Kier molecular flexibility index (Phi) is 5.41. The lowest BCUT2D eigenvalue weighted by molar-refractivity contribution is 0.140. The Morgan fingerprint density at radius 3 is 2.36 bits per heavy atom. The Bertz CT molecular complexity index is 138. The summed E-state index contributed by atoms with van der Waals surface area (Å²) in [6.07, 6.45) is 5.64. The van der Waals surface area contributed by atoms with Crippen LogP contribution in [0.1, 0.15) is 39.0 Å². The van der Waals surface area contributed by atoms with E-state index in [1.54, 1.807) is 0 Å². The molecule has 2 N–H and O–H groups in total. The molecule has 0 aliphatic heterocycles. The normalized spacial score (nSPS) is 28.3. The maximum atomic E-state index is 12.3. The Labute approximate surface area is 86.6 Å². The molecule has 0 unspecified atom stereocenters. The minimum absolute atomic E-state index is 0.220. The molecule has 1 aliphatic carbocycles. The Balaban J connectivity index is 2.34. The second kappa shape index (κ2) is 6.36. The van der Waals surface area contributed by atoms with Gasteiger partial charge in [-0.15, -0.1) is 0 Å². The van der Waals surface area contributed by atoms with Gasteiger partial charge in [0.1, 0.15) is 6.67 Å². The zero-order valence-corrected chi connectivity index (χ0v) is 9.21. The highest BCUT2D eigenvalue weighted by Crippen LogP contribution is 2.22. The standard InChI is InChI=1S/C11H23FN2/c1-2-8-14(9-7-12)11-5-3-10(13)4-6-11/h10-11H,2-9,13H2,1H3. The van der Waals surface area contributed by atoms with Crippen LogP contribution >= 0.6 is 0 Å². The van der Waals surface area contributed by atoms with Gasteiger partial charge in [-0.05, 0) is 38.6 Å². The van der Waals surface area contributed by atoms with Crippen molar-refractivity contribution in [2.45, 2.75) is 51.1 Å². The average molecular weight is 202 g/mol. The average Bonchev–Trinajstić information content (AvgIpc) is 2.19. The highest BCUT2D eigenvalue weighted by atomic mass is 19.1. The summed E-state index contributed by atoms with van der Waals surface area (Å²) in [6, 6.07) is 0.977. The highest BCUT2D eigenvalue weighted by molar-refractivity contribution is 4.80. The van der Waals surface area contributed by atoms with Crippen LogP contribution in [0.2, 0.25) is 0 Å². The molecule has 0 aromatic carbocycles. The van der Waals surface area contributed by atoms with Gasteiger partial charge in [-0.2, -0.15) is 0 Å². The monoisotopic (exact) mass is 202 g/mol. The third-order valence-electron chi connectivity index (χ3n) is 3.14. The van der Waals surface area contributed by atoms with E-state index in [9.17, 15) is 4.39 Å². The first kappa shape index (κ1) is 11.9. The molecule has 0 aromatic heterocycles. The van der Waals surface area contributed by atoms with Crippen molar-refractivity contribution in [1.82, 2.24) is 4.90 Å². The van der Waals surface area contributed by atoms with E-state index in [1.165, 1.54) is 0 Å². The molecule has 1 rings (SSSR count). The topological polar surface area (TPSA) is 29.3 Å². The Morgan fingerprint density at radius 2 is 1.86 bits per heavy atom. The van der Waals surface area contributed by atoms with Crippen molar-refractivity contribution < 1.29 is 4.39 Å². The van der Waals surface area contributed by atoms with E-state index in [0.29, 0.717) is 18.6 Å². The SMILES string of the molecule is CCCN(CCF)C1CCC(N)CC1. The fourth-order valence-corrected chi connectivity index (χ4v) is 2.34. The van der Waals surface area contributed by atoms with Crippen molar-refractivity contribution in [2.24, 2.45) is 5.73 Å². The van der Waals surface area contributed by atoms with Gasteiger partial charge in [-0.3, -0.25) is 4.90 Å². The van der Waals surface area contributed by atoms with E-state index in [1.807, 2.05) is 0 Å². The molecule has 1 saturated carbocycles. The van der Waals surface area contributed by atoms with Gasteiger partial charge in [0.25, 0.3) is 0 Å². The molecule has 84 valence electrons. The van der Waals surface area contributed by atoms with Gasteiger partial charge in [-0.25, -0.2) is 4.39 Å². The molecule has 0 bridgehead atoms. The number of nitrogens with two attached hydrogens (primary N) is 1. The van der Waals surface area contributed by atoms with E-state index in [4.69, 9.17) is 5.73 Å². The van der Waals surface area contributed by atoms with E-state index >= 15 is 0 Å². The summed E-state index contributed by atoms with van der Waals surface area (Å²) in [6.45, 7) is 3.57. The number of hydrogen-bond donors (Lipinski definition) is 1. The number of nitrogens with zero attached hydrogens (tertiary/aromatic N) is 1. The van der Waals surface area contributed by atoms with Gasteiger partial charge >= 0.3 is 0 Å². The first-order valence-electron chi connectivity index (χ1n) is 5.83. The predicted octanol–water partition coefficient (Wildman–Crippen LogP) is 1.94. The molecule has 0 radical (unpaired) electrons. The van der Waals surface area contributed by atoms with Gasteiger partial charge < -0.3 is 5.73 Å². The molecule has 0 aromatic rings. The van der Waals surface area contributed by atoms with E-state index in [2.05, 4.69) is 11.8 Å². The number of alkyl halides is 1. The van der Waals surface area contributed by atoms with Crippen molar-refractivity contribution in [3.8, 4) is 0 Å². The van der Waals surface area contributed by atoms with Crippen LogP contribution in [-0.4, -0.2) is 36.7 Å². The molecular formula is C11H23FN2. The summed E-state index contributed by atoms with van der Waals surface area (Å²) in [5.41, 5.74) is 5.85. The van der Waals surface area contributed by atoms with Gasteiger partial charge in [0.2, 0.25) is 0 Å². The van der Waals surface area contributed by atoms with E-state index in [-0.39, 0.29) is 6.67 Å². The molecule has 1 fully saturated rings. The maximum absolute atomic E-state index is 12.3. The lowest BCUT2D eigenvalue weighted by Crippen LogP contribution is -2.42. The first-order valence-corrected chi connectivity index (χ1v) is 5.83. The smallest absolute Gasteiger partial charge is 0.102 e. The van der Waals surface area contributed by atoms with Crippen molar-refractivity contribution in [1.29, 1.82) is 0 Å². The molecular weight excluding hydrogens is 179 g/mol. The first-order chi connectivity index (χ1) is 6.77. The van der Waals surface area contributed by atoms with Crippen LogP contribution < -0.4 is 5.73 Å². The van der Waals surface area contributed by atoms with Crippen LogP contribution in [0.5, 0.6) is 0 Å². The summed E-state index contributed by atoms with van der Waals surface area (Å²) >= 11 is 0. The van der Waals surface area contributed by atoms with Crippen LogP contribution in [0.15, 0.2) is 0 Å². The third kappa shape index (κ3) is 3.54. The fraction of sp³-hybridized carbons (Fsp3) is 1.00. The van der Waals surface area contributed by atoms with Crippen LogP contribution in [0.4, 0.5) is 4.39 Å². The summed E-state index contributed by atoms with van der Waals surface area (Å²) in [4.78, 5) is 2.30. The molecule has 0 atom stereocenters. The number of hydrogen-bond acceptors (Lipinski definition) is 2. The summed E-state index contributed by atoms with van der Waals surface area (Å²) in [5, 5.41) is 0. The zero-order valence-electron chi connectivity index (χ0n) is 9.21. The molecule has 0 spiro atoms. The summed E-state index contributed by atoms with van der Waals surface area (Å²) in [7, 11) is 0. The maximum Gasteiger partial charge on any atom is 0.102 e. The lowest BCUT2D eigenvalue weighted by atomic mass is 9.90. The van der Waals surface area contributed by atoms with Crippen LogP contribution in [0.3, 0.4) is 0 Å². The molecule has 2 nitrogen and oxygen atoms in total. The fourth-order valence-electron chi connectivity index (χ4n) is 2.34. The Morgan fingerprint density at radius 1 is 1.21 bits per heavy atom. The largest absolute Gasteiger partial charge is 0.328 e. The number of halogens is 1. The van der Waals surface area contributed by atoms with Crippen LogP contribution in [-0.2, 0) is 0 Å². The molecule has 1 aliphatic rings. The van der Waals surface area contributed by atoms with Gasteiger partial charge in [0.05, 0.1) is 0 Å². The van der Waals surface area contributed by atoms with E-state index < -0.39 is 0 Å². The third-order valence-corrected chi connectivity index (χ3v) is 3.14. The summed E-state index contributed by atoms with van der Waals surface area (Å²) in [5.74, 6) is 0. The predicted molar refractivity (Wildman–Crippen MR) is 58.1 cm³/mol. The van der Waals surface area contributed by atoms with Gasteiger partial charge in [-0.1, -0.05) is 6.92 Å². The number of rotatable bonds is 5. The van der Waals surface area contributed by atoms with Crippen LogP contribution in [0.25, 0.3) is 0 Å². The van der Waals surface area contributed by atoms with Crippen molar-refractivity contribution in [3.63, 3.8) is 0 Å². The minimum Gasteiger partial charge on any atom is -0.328 e. The second-order valence-electron chi connectivity index (χ2n) is 4.29. The van der Waals surface area contributed by atoms with Crippen molar-refractivity contribution in [2.75, 3.05) is 19.8 Å². The quantitative estimate of drug-likeness (QED) is 0.738. The molecule has 0 saturated heterocycles. The highest BCUT2D eigenvalue weighted by Gasteiger charge is 2.23. The zero-order chi connectivity index (χ0) is 10.4. The van der Waals surface area contributed by atoms with Gasteiger partial charge in [0, 0.05) is 18.6 Å². The minimum atomic E-state index is -0.220. The summed E-state index contributed by atoms with van der Waals surface area (Å²) < 4.78 is 12.3. The van der Waals surface area contributed by atoms with Gasteiger partial charge in [0.15, 0.2) is 0 Å². The lowest BCUT2D eigenvalue weighted by Gasteiger charge is -2.35.